The molecule has 0 unspecified atom stereocenters. The Kier molecular flexibility index (Phi) is 4.31. The van der Waals surface area contributed by atoms with Crippen LogP contribution >= 0.6 is 12.2 Å². The molecular formula is C18H17N3O2S. The van der Waals surface area contributed by atoms with Crippen molar-refractivity contribution in [2.24, 2.45) is 7.05 Å². The molecule has 24 heavy (non-hydrogen) atoms. The first-order chi connectivity index (χ1) is 11.5. The van der Waals surface area contributed by atoms with Gasteiger partial charge >= 0.3 is 0 Å². The number of fused-ring (bicyclic) bond motifs is 1. The summed E-state index contributed by atoms with van der Waals surface area (Å²) in [6.07, 6.45) is 0. The Labute approximate surface area is 144 Å². The minimum atomic E-state index is -0.201. The molecule has 122 valence electrons. The van der Waals surface area contributed by atoms with Crippen molar-refractivity contribution in [3.8, 4) is 0 Å². The van der Waals surface area contributed by atoms with Gasteiger partial charge in [-0.15, -0.1) is 0 Å². The zero-order chi connectivity index (χ0) is 17.3. The van der Waals surface area contributed by atoms with Gasteiger partial charge in [0, 0.05) is 12.6 Å². The lowest BCUT2D eigenvalue weighted by molar-refractivity contribution is 0.0940. The maximum Gasteiger partial charge on any atom is 0.261 e. The number of aromatic nitrogens is 2. The predicted molar refractivity (Wildman–Crippen MR) is 96.7 cm³/mol. The fraction of sp³-hybridized carbons (Fsp3) is 0.167. The van der Waals surface area contributed by atoms with Gasteiger partial charge in [-0.05, 0) is 42.9 Å². The third-order valence-electron chi connectivity index (χ3n) is 4.01. The molecule has 2 aromatic carbocycles. The topological polar surface area (TPSA) is 66.9 Å². The minimum absolute atomic E-state index is 0.114. The molecule has 2 N–H and O–H groups in total. The van der Waals surface area contributed by atoms with Crippen molar-refractivity contribution in [1.29, 1.82) is 0 Å². The van der Waals surface area contributed by atoms with Crippen LogP contribution in [0.3, 0.4) is 0 Å². The van der Waals surface area contributed by atoms with Gasteiger partial charge in [0.05, 0.1) is 16.9 Å². The second kappa shape index (κ2) is 6.41. The second-order valence-electron chi connectivity index (χ2n) is 5.66. The number of hydrogen-bond donors (Lipinski definition) is 2. The largest absolute Gasteiger partial charge is 0.346 e. The highest BCUT2D eigenvalue weighted by atomic mass is 32.1. The van der Waals surface area contributed by atoms with Gasteiger partial charge in [-0.1, -0.05) is 30.3 Å². The Bertz CT molecular complexity index is 1020. The second-order valence-corrected chi connectivity index (χ2v) is 6.05. The number of rotatable bonds is 3. The van der Waals surface area contributed by atoms with Gasteiger partial charge in [-0.3, -0.25) is 14.2 Å². The van der Waals surface area contributed by atoms with Crippen LogP contribution in [0.15, 0.2) is 53.3 Å². The van der Waals surface area contributed by atoms with Gasteiger partial charge < -0.3 is 10.3 Å². The van der Waals surface area contributed by atoms with E-state index in [1.165, 1.54) is 4.57 Å². The zero-order valence-corrected chi connectivity index (χ0v) is 14.2. The van der Waals surface area contributed by atoms with Crippen LogP contribution in [0.2, 0.25) is 0 Å². The van der Waals surface area contributed by atoms with Crippen molar-refractivity contribution in [2.75, 3.05) is 0 Å². The molecule has 1 heterocycles. The van der Waals surface area contributed by atoms with E-state index < -0.39 is 0 Å². The van der Waals surface area contributed by atoms with Gasteiger partial charge in [-0.25, -0.2) is 0 Å². The lowest BCUT2D eigenvalue weighted by Crippen LogP contribution is -2.27. The molecule has 3 rings (SSSR count). The molecule has 0 aliphatic heterocycles. The number of nitrogens with one attached hydrogen (secondary N) is 2. The van der Waals surface area contributed by atoms with Crippen LogP contribution in [0.5, 0.6) is 0 Å². The van der Waals surface area contributed by atoms with E-state index in [1.54, 1.807) is 25.2 Å². The number of amides is 1. The molecule has 3 aromatic rings. The fourth-order valence-corrected chi connectivity index (χ4v) is 2.75. The van der Waals surface area contributed by atoms with Crippen LogP contribution < -0.4 is 10.9 Å². The summed E-state index contributed by atoms with van der Waals surface area (Å²) in [5.74, 6) is -0.201. The average molecular weight is 339 g/mol. The first-order valence-electron chi connectivity index (χ1n) is 7.56. The Morgan fingerprint density at radius 3 is 2.62 bits per heavy atom. The van der Waals surface area contributed by atoms with E-state index >= 15 is 0 Å². The SMILES string of the molecule is C[C@H](NC(=O)c1ccc2c(=O)n(C)c(=S)[nH]c2c1)c1ccccc1. The van der Waals surface area contributed by atoms with Gasteiger partial charge in [0.15, 0.2) is 4.77 Å². The number of benzene rings is 2. The van der Waals surface area contributed by atoms with Gasteiger partial charge in [0.2, 0.25) is 0 Å². The van der Waals surface area contributed by atoms with Crippen LogP contribution in [-0.2, 0) is 7.05 Å². The summed E-state index contributed by atoms with van der Waals surface area (Å²) in [5, 5.41) is 3.45. The molecule has 6 heteroatoms. The Hall–Kier alpha value is -2.73. The number of nitrogens with zero attached hydrogens (tertiary/aromatic N) is 1. The summed E-state index contributed by atoms with van der Waals surface area (Å²) < 4.78 is 1.69. The maximum absolute atomic E-state index is 12.5. The zero-order valence-electron chi connectivity index (χ0n) is 13.4. The molecule has 0 aliphatic carbocycles. The summed E-state index contributed by atoms with van der Waals surface area (Å²) in [6, 6.07) is 14.6. The average Bonchev–Trinajstić information content (AvgIpc) is 2.60. The number of carbonyl (C=O) groups excluding carboxylic acids is 1. The van der Waals surface area contributed by atoms with Crippen LogP contribution in [-0.4, -0.2) is 15.5 Å². The molecule has 0 fully saturated rings. The highest BCUT2D eigenvalue weighted by Gasteiger charge is 2.13. The number of H-pyrrole nitrogens is 1. The van der Waals surface area contributed by atoms with E-state index in [9.17, 15) is 9.59 Å². The molecule has 0 bridgehead atoms. The van der Waals surface area contributed by atoms with Crippen molar-refractivity contribution in [3.05, 3.63) is 74.8 Å². The van der Waals surface area contributed by atoms with E-state index in [0.29, 0.717) is 21.2 Å². The lowest BCUT2D eigenvalue weighted by atomic mass is 10.1. The van der Waals surface area contributed by atoms with Crippen molar-refractivity contribution in [2.45, 2.75) is 13.0 Å². The van der Waals surface area contributed by atoms with Crippen LogP contribution in [0, 0.1) is 4.77 Å². The summed E-state index contributed by atoms with van der Waals surface area (Å²) in [5.41, 5.74) is 1.88. The normalized spacial score (nSPS) is 12.1. The van der Waals surface area contributed by atoms with Crippen molar-refractivity contribution in [1.82, 2.24) is 14.9 Å². The molecule has 0 saturated carbocycles. The Morgan fingerprint density at radius 1 is 1.21 bits per heavy atom. The van der Waals surface area contributed by atoms with Crippen molar-refractivity contribution in [3.63, 3.8) is 0 Å². The van der Waals surface area contributed by atoms with E-state index in [0.717, 1.165) is 5.56 Å². The minimum Gasteiger partial charge on any atom is -0.346 e. The van der Waals surface area contributed by atoms with Gasteiger partial charge in [0.25, 0.3) is 11.5 Å². The first kappa shape index (κ1) is 16.1. The van der Waals surface area contributed by atoms with E-state index in [4.69, 9.17) is 12.2 Å². The van der Waals surface area contributed by atoms with Crippen LogP contribution in [0.4, 0.5) is 0 Å². The Morgan fingerprint density at radius 2 is 1.92 bits per heavy atom. The molecule has 1 aromatic heterocycles. The monoisotopic (exact) mass is 339 g/mol. The molecule has 0 saturated heterocycles. The van der Waals surface area contributed by atoms with Gasteiger partial charge in [-0.2, -0.15) is 0 Å². The fourth-order valence-electron chi connectivity index (χ4n) is 2.55. The standard InChI is InChI=1S/C18H17N3O2S/c1-11(12-6-4-3-5-7-12)19-16(22)13-8-9-14-15(10-13)20-18(24)21(2)17(14)23/h3-11H,1-2H3,(H,19,22)(H,20,24)/t11-/m0/s1. The molecule has 5 nitrogen and oxygen atoms in total. The molecule has 0 radical (unpaired) electrons. The van der Waals surface area contributed by atoms with Crippen LogP contribution in [0.1, 0.15) is 28.9 Å². The quantitative estimate of drug-likeness (QED) is 0.721. The summed E-state index contributed by atoms with van der Waals surface area (Å²) in [7, 11) is 1.61. The smallest absolute Gasteiger partial charge is 0.261 e. The van der Waals surface area contributed by atoms with Crippen LogP contribution in [0.25, 0.3) is 10.9 Å². The van der Waals surface area contributed by atoms with E-state index in [2.05, 4.69) is 10.3 Å². The third kappa shape index (κ3) is 3.00. The first-order valence-corrected chi connectivity index (χ1v) is 7.97. The predicted octanol–water partition coefficient (Wildman–Crippen LogP) is 3.09. The lowest BCUT2D eigenvalue weighted by Gasteiger charge is -2.14. The van der Waals surface area contributed by atoms with E-state index in [-0.39, 0.29) is 17.5 Å². The maximum atomic E-state index is 12.5. The molecule has 1 amide bonds. The highest BCUT2D eigenvalue weighted by molar-refractivity contribution is 7.71. The number of hydrogen-bond acceptors (Lipinski definition) is 3. The van der Waals surface area contributed by atoms with Crippen molar-refractivity contribution >= 4 is 29.0 Å². The van der Waals surface area contributed by atoms with Gasteiger partial charge in [0.1, 0.15) is 0 Å². The highest BCUT2D eigenvalue weighted by Crippen LogP contribution is 2.14. The Balaban J connectivity index is 1.92. The summed E-state index contributed by atoms with van der Waals surface area (Å²) >= 11 is 5.12. The molecular weight excluding hydrogens is 322 g/mol. The summed E-state index contributed by atoms with van der Waals surface area (Å²) in [4.78, 5) is 27.6. The summed E-state index contributed by atoms with van der Waals surface area (Å²) in [6.45, 7) is 1.93. The van der Waals surface area contributed by atoms with E-state index in [1.807, 2.05) is 37.3 Å². The molecule has 0 aliphatic rings. The van der Waals surface area contributed by atoms with Crippen molar-refractivity contribution < 1.29 is 4.79 Å². The molecule has 1 atom stereocenters. The number of aromatic amines is 1. The molecule has 0 spiro atoms. The number of carbonyl (C=O) groups is 1. The third-order valence-corrected chi connectivity index (χ3v) is 4.39.